The van der Waals surface area contributed by atoms with E-state index in [0.717, 1.165) is 0 Å². The van der Waals surface area contributed by atoms with Gasteiger partial charge in [0.1, 0.15) is 5.69 Å². The van der Waals surface area contributed by atoms with Gasteiger partial charge in [-0.2, -0.15) is 0 Å². The van der Waals surface area contributed by atoms with E-state index < -0.39 is 4.92 Å². The van der Waals surface area contributed by atoms with E-state index in [1.807, 2.05) is 0 Å². The molecule has 0 radical (unpaired) electrons. The number of carbonyl (C=O) groups is 1. The topological polar surface area (TPSA) is 89.5 Å². The highest BCUT2D eigenvalue weighted by Crippen LogP contribution is 2.30. The molecule has 1 aromatic rings. The van der Waals surface area contributed by atoms with Gasteiger partial charge in [-0.3, -0.25) is 14.9 Å². The fraction of sp³-hybridized carbons (Fsp3) is 0.500. The summed E-state index contributed by atoms with van der Waals surface area (Å²) in [5.74, 6) is 0.892. The van der Waals surface area contributed by atoms with E-state index in [-0.39, 0.29) is 17.3 Å². The van der Waals surface area contributed by atoms with E-state index in [1.165, 1.54) is 6.07 Å². The van der Waals surface area contributed by atoms with Crippen LogP contribution in [0.4, 0.5) is 11.4 Å². The average Bonchev–Trinajstić information content (AvgIpc) is 2.73. The zero-order valence-electron chi connectivity index (χ0n) is 11.7. The number of anilines is 1. The number of amides is 1. The fourth-order valence-electron chi connectivity index (χ4n) is 2.50. The van der Waals surface area contributed by atoms with Gasteiger partial charge in [0.05, 0.1) is 4.92 Å². The van der Waals surface area contributed by atoms with Crippen molar-refractivity contribution >= 4 is 17.3 Å². The third kappa shape index (κ3) is 2.74. The third-order valence-corrected chi connectivity index (χ3v) is 3.92. The van der Waals surface area contributed by atoms with Gasteiger partial charge >= 0.3 is 0 Å². The molecule has 20 heavy (non-hydrogen) atoms. The van der Waals surface area contributed by atoms with Gasteiger partial charge in [-0.15, -0.1) is 0 Å². The van der Waals surface area contributed by atoms with Crippen molar-refractivity contribution in [1.82, 2.24) is 4.90 Å². The Hall–Kier alpha value is -2.11. The van der Waals surface area contributed by atoms with Gasteiger partial charge in [-0.05, 0) is 11.8 Å². The second kappa shape index (κ2) is 5.48. The predicted molar refractivity (Wildman–Crippen MR) is 75.9 cm³/mol. The third-order valence-electron chi connectivity index (χ3n) is 3.92. The summed E-state index contributed by atoms with van der Waals surface area (Å²) >= 11 is 0. The van der Waals surface area contributed by atoms with Crippen LogP contribution in [-0.4, -0.2) is 22.3 Å². The molecule has 6 nitrogen and oxygen atoms in total. The molecule has 1 aliphatic rings. The molecule has 1 aromatic carbocycles. The first-order valence-corrected chi connectivity index (χ1v) is 6.69. The summed E-state index contributed by atoms with van der Waals surface area (Å²) in [7, 11) is 0. The van der Waals surface area contributed by atoms with Crippen molar-refractivity contribution < 1.29 is 9.72 Å². The van der Waals surface area contributed by atoms with Gasteiger partial charge in [0.25, 0.3) is 5.69 Å². The van der Waals surface area contributed by atoms with Gasteiger partial charge in [0.15, 0.2) is 0 Å². The van der Waals surface area contributed by atoms with Crippen molar-refractivity contribution in [1.29, 1.82) is 0 Å². The highest BCUT2D eigenvalue weighted by Gasteiger charge is 2.31. The van der Waals surface area contributed by atoms with E-state index >= 15 is 0 Å². The van der Waals surface area contributed by atoms with Crippen molar-refractivity contribution in [3.8, 4) is 0 Å². The van der Waals surface area contributed by atoms with Gasteiger partial charge in [-0.1, -0.05) is 26.0 Å². The molecule has 0 bridgehead atoms. The molecule has 1 atom stereocenters. The predicted octanol–water partition coefficient (Wildman–Crippen LogP) is 2.18. The second-order valence-electron chi connectivity index (χ2n) is 5.59. The Balaban J connectivity index is 2.17. The first-order valence-electron chi connectivity index (χ1n) is 6.69. The molecule has 2 rings (SSSR count). The van der Waals surface area contributed by atoms with Crippen molar-refractivity contribution in [3.05, 3.63) is 33.9 Å². The van der Waals surface area contributed by atoms with Crippen molar-refractivity contribution in [3.63, 3.8) is 0 Å². The van der Waals surface area contributed by atoms with Crippen LogP contribution in [0.1, 0.15) is 25.8 Å². The normalized spacial score (nSPS) is 18.9. The Kier molecular flexibility index (Phi) is 3.92. The summed E-state index contributed by atoms with van der Waals surface area (Å²) in [6.45, 7) is 5.24. The Labute approximate surface area is 117 Å². The number of likely N-dealkylation sites (tertiary alicyclic amines) is 1. The summed E-state index contributed by atoms with van der Waals surface area (Å²) in [5.41, 5.74) is 6.51. The van der Waals surface area contributed by atoms with Crippen molar-refractivity contribution in [2.24, 2.45) is 11.8 Å². The number of para-hydroxylation sites is 1. The Morgan fingerprint density at radius 3 is 2.75 bits per heavy atom. The molecule has 6 heteroatoms. The number of nitro groups is 1. The van der Waals surface area contributed by atoms with Crippen LogP contribution in [0.3, 0.4) is 0 Å². The van der Waals surface area contributed by atoms with Crippen molar-refractivity contribution in [2.75, 3.05) is 12.3 Å². The molecule has 1 saturated heterocycles. The van der Waals surface area contributed by atoms with Crippen LogP contribution in [0.25, 0.3) is 0 Å². The highest BCUT2D eigenvalue weighted by atomic mass is 16.6. The molecule has 0 spiro atoms. The standard InChI is InChI=1S/C14H19N3O3/c1-9(2)11-6-13(18)16(8-11)7-10-4-3-5-12(14(10)15)17(19)20/h3-5,9,11H,6-8,15H2,1-2H3. The summed E-state index contributed by atoms with van der Waals surface area (Å²) in [6, 6.07) is 4.71. The molecular weight excluding hydrogens is 258 g/mol. The van der Waals surface area contributed by atoms with Crippen LogP contribution >= 0.6 is 0 Å². The molecule has 1 fully saturated rings. The quantitative estimate of drug-likeness (QED) is 0.519. The summed E-state index contributed by atoms with van der Waals surface area (Å²) in [6.07, 6.45) is 0.548. The molecule has 2 N–H and O–H groups in total. The summed E-state index contributed by atoms with van der Waals surface area (Å²) in [4.78, 5) is 24.1. The van der Waals surface area contributed by atoms with Crippen LogP contribution in [0.15, 0.2) is 18.2 Å². The molecular formula is C14H19N3O3. The number of rotatable bonds is 4. The molecule has 0 aromatic heterocycles. The Morgan fingerprint density at radius 1 is 1.50 bits per heavy atom. The van der Waals surface area contributed by atoms with Crippen LogP contribution < -0.4 is 5.73 Å². The maximum atomic E-state index is 12.0. The SMILES string of the molecule is CC(C)C1CC(=O)N(Cc2cccc([N+](=O)[O-])c2N)C1. The number of nitro benzene ring substituents is 1. The van der Waals surface area contributed by atoms with Gasteiger partial charge < -0.3 is 10.6 Å². The van der Waals surface area contributed by atoms with E-state index in [9.17, 15) is 14.9 Å². The van der Waals surface area contributed by atoms with Gasteiger partial charge in [-0.25, -0.2) is 0 Å². The number of hydrogen-bond donors (Lipinski definition) is 1. The lowest BCUT2D eigenvalue weighted by atomic mass is 9.95. The average molecular weight is 277 g/mol. The second-order valence-corrected chi connectivity index (χ2v) is 5.59. The van der Waals surface area contributed by atoms with E-state index in [4.69, 9.17) is 5.73 Å². The van der Waals surface area contributed by atoms with Crippen molar-refractivity contribution in [2.45, 2.75) is 26.8 Å². The molecule has 1 aliphatic heterocycles. The number of nitrogens with zero attached hydrogens (tertiary/aromatic N) is 2. The van der Waals surface area contributed by atoms with E-state index in [0.29, 0.717) is 36.9 Å². The lowest BCUT2D eigenvalue weighted by Crippen LogP contribution is -2.25. The smallest absolute Gasteiger partial charge is 0.292 e. The van der Waals surface area contributed by atoms with Crippen LogP contribution in [0.2, 0.25) is 0 Å². The monoisotopic (exact) mass is 277 g/mol. The van der Waals surface area contributed by atoms with Crippen LogP contribution in [0, 0.1) is 22.0 Å². The summed E-state index contributed by atoms with van der Waals surface area (Å²) < 4.78 is 0. The molecule has 108 valence electrons. The number of carbonyl (C=O) groups excluding carboxylic acids is 1. The number of benzene rings is 1. The van der Waals surface area contributed by atoms with Gasteiger partial charge in [0, 0.05) is 31.1 Å². The number of nitrogen functional groups attached to an aromatic ring is 1. The lowest BCUT2D eigenvalue weighted by Gasteiger charge is -2.19. The van der Waals surface area contributed by atoms with E-state index in [2.05, 4.69) is 13.8 Å². The molecule has 1 heterocycles. The number of nitrogens with two attached hydrogens (primary N) is 1. The number of hydrogen-bond acceptors (Lipinski definition) is 4. The zero-order valence-corrected chi connectivity index (χ0v) is 11.7. The first-order chi connectivity index (χ1) is 9.40. The zero-order chi connectivity index (χ0) is 14.9. The minimum Gasteiger partial charge on any atom is -0.393 e. The van der Waals surface area contributed by atoms with E-state index in [1.54, 1.807) is 17.0 Å². The Morgan fingerprint density at radius 2 is 2.20 bits per heavy atom. The summed E-state index contributed by atoms with van der Waals surface area (Å²) in [5, 5.41) is 10.9. The lowest BCUT2D eigenvalue weighted by molar-refractivity contribution is -0.384. The minimum atomic E-state index is -0.498. The van der Waals surface area contributed by atoms with Gasteiger partial charge in [0.2, 0.25) is 5.91 Å². The fourth-order valence-corrected chi connectivity index (χ4v) is 2.50. The van der Waals surface area contributed by atoms with Crippen LogP contribution in [0.5, 0.6) is 0 Å². The first kappa shape index (κ1) is 14.3. The van der Waals surface area contributed by atoms with Crippen LogP contribution in [-0.2, 0) is 11.3 Å². The molecule has 1 unspecified atom stereocenters. The molecule has 0 saturated carbocycles. The molecule has 0 aliphatic carbocycles. The molecule has 1 amide bonds. The maximum absolute atomic E-state index is 12.0. The maximum Gasteiger partial charge on any atom is 0.292 e. The Bertz CT molecular complexity index is 542. The highest BCUT2D eigenvalue weighted by molar-refractivity contribution is 5.79. The minimum absolute atomic E-state index is 0.0922. The largest absolute Gasteiger partial charge is 0.393 e.